The molecule has 0 radical (unpaired) electrons. The maximum atomic E-state index is 6.18. The molecular formula is C21H23N5O. The number of piperidine rings is 1. The molecule has 0 amide bonds. The van der Waals surface area contributed by atoms with E-state index in [4.69, 9.17) is 10.5 Å². The van der Waals surface area contributed by atoms with Gasteiger partial charge >= 0.3 is 0 Å². The van der Waals surface area contributed by atoms with E-state index in [-0.39, 0.29) is 0 Å². The number of anilines is 2. The number of ether oxygens (including phenoxy) is 1. The molecule has 1 fully saturated rings. The van der Waals surface area contributed by atoms with Crippen LogP contribution in [0.5, 0.6) is 11.5 Å². The van der Waals surface area contributed by atoms with Gasteiger partial charge in [0.2, 0.25) is 0 Å². The summed E-state index contributed by atoms with van der Waals surface area (Å²) in [7, 11) is 0. The van der Waals surface area contributed by atoms with Crippen LogP contribution in [0.2, 0.25) is 0 Å². The summed E-state index contributed by atoms with van der Waals surface area (Å²) >= 11 is 0. The largest absolute Gasteiger partial charge is 0.457 e. The van der Waals surface area contributed by atoms with Gasteiger partial charge in [0.25, 0.3) is 0 Å². The first-order valence-electron chi connectivity index (χ1n) is 9.20. The van der Waals surface area contributed by atoms with Gasteiger partial charge in [-0.05, 0) is 49.2 Å². The van der Waals surface area contributed by atoms with Crippen LogP contribution in [0.15, 0.2) is 60.9 Å². The van der Waals surface area contributed by atoms with E-state index in [2.05, 4.69) is 20.6 Å². The number of nitrogen functional groups attached to an aromatic ring is 1. The fourth-order valence-corrected chi connectivity index (χ4v) is 3.28. The first kappa shape index (κ1) is 17.3. The highest BCUT2D eigenvalue weighted by molar-refractivity contribution is 5.83. The van der Waals surface area contributed by atoms with Crippen LogP contribution in [0.25, 0.3) is 11.1 Å². The monoisotopic (exact) mass is 361 g/mol. The highest BCUT2D eigenvalue weighted by atomic mass is 16.5. The summed E-state index contributed by atoms with van der Waals surface area (Å²) in [6.07, 6.45) is 3.77. The average molecular weight is 361 g/mol. The zero-order chi connectivity index (χ0) is 18.5. The number of hydrogen-bond donors (Lipinski definition) is 3. The number of hydrogen-bond acceptors (Lipinski definition) is 6. The molecule has 138 valence electrons. The van der Waals surface area contributed by atoms with Crippen molar-refractivity contribution in [3.63, 3.8) is 0 Å². The van der Waals surface area contributed by atoms with Crippen LogP contribution >= 0.6 is 0 Å². The molecule has 2 heterocycles. The maximum absolute atomic E-state index is 6.18. The summed E-state index contributed by atoms with van der Waals surface area (Å²) < 4.78 is 5.86. The summed E-state index contributed by atoms with van der Waals surface area (Å²) in [5.74, 6) is 2.81. The van der Waals surface area contributed by atoms with E-state index in [1.807, 2.05) is 54.6 Å². The lowest BCUT2D eigenvalue weighted by Crippen LogP contribution is -2.38. The zero-order valence-electron chi connectivity index (χ0n) is 15.1. The number of nitrogens with one attached hydrogen (secondary N) is 2. The van der Waals surface area contributed by atoms with Gasteiger partial charge < -0.3 is 21.1 Å². The number of nitrogens with zero attached hydrogens (tertiary/aromatic N) is 2. The Kier molecular flexibility index (Phi) is 5.16. The van der Waals surface area contributed by atoms with Crippen molar-refractivity contribution in [2.24, 2.45) is 0 Å². The van der Waals surface area contributed by atoms with Gasteiger partial charge in [0.05, 0.1) is 5.56 Å². The second-order valence-corrected chi connectivity index (χ2v) is 6.61. The molecule has 1 unspecified atom stereocenters. The summed E-state index contributed by atoms with van der Waals surface area (Å²) in [6.45, 7) is 1.99. The van der Waals surface area contributed by atoms with Gasteiger partial charge in [-0.1, -0.05) is 30.3 Å². The topological polar surface area (TPSA) is 85.1 Å². The lowest BCUT2D eigenvalue weighted by atomic mass is 10.0. The van der Waals surface area contributed by atoms with Crippen molar-refractivity contribution < 1.29 is 4.74 Å². The fraction of sp³-hybridized carbons (Fsp3) is 0.238. The molecule has 0 bridgehead atoms. The van der Waals surface area contributed by atoms with Gasteiger partial charge in [-0.15, -0.1) is 0 Å². The van der Waals surface area contributed by atoms with Crippen molar-refractivity contribution in [3.8, 4) is 22.6 Å². The van der Waals surface area contributed by atoms with Crippen molar-refractivity contribution in [2.75, 3.05) is 24.1 Å². The third-order valence-corrected chi connectivity index (χ3v) is 4.64. The van der Waals surface area contributed by atoms with E-state index in [1.165, 1.54) is 6.33 Å². The van der Waals surface area contributed by atoms with Gasteiger partial charge in [0.1, 0.15) is 29.5 Å². The normalized spacial score (nSPS) is 16.7. The number of rotatable bonds is 5. The molecule has 3 aromatic rings. The number of aromatic nitrogens is 2. The third kappa shape index (κ3) is 4.17. The molecule has 1 aromatic heterocycles. The highest BCUT2D eigenvalue weighted by Crippen LogP contribution is 2.33. The van der Waals surface area contributed by atoms with E-state index in [9.17, 15) is 0 Å². The first-order chi connectivity index (χ1) is 13.3. The molecule has 1 saturated heterocycles. The minimum absolute atomic E-state index is 0.340. The molecule has 27 heavy (non-hydrogen) atoms. The summed E-state index contributed by atoms with van der Waals surface area (Å²) in [5.41, 5.74) is 7.97. The molecule has 4 rings (SSSR count). The third-order valence-electron chi connectivity index (χ3n) is 4.64. The summed E-state index contributed by atoms with van der Waals surface area (Å²) in [5, 5.41) is 6.92. The minimum Gasteiger partial charge on any atom is -0.457 e. The zero-order valence-corrected chi connectivity index (χ0v) is 15.1. The Labute approximate surface area is 158 Å². The Hall–Kier alpha value is -3.12. The number of para-hydroxylation sites is 1. The minimum atomic E-state index is 0.340. The Morgan fingerprint density at radius 3 is 2.52 bits per heavy atom. The highest BCUT2D eigenvalue weighted by Gasteiger charge is 2.17. The van der Waals surface area contributed by atoms with Gasteiger partial charge in [-0.2, -0.15) is 0 Å². The van der Waals surface area contributed by atoms with Crippen molar-refractivity contribution in [1.82, 2.24) is 15.3 Å². The van der Waals surface area contributed by atoms with Crippen LogP contribution in [0.4, 0.5) is 11.6 Å². The fourth-order valence-electron chi connectivity index (χ4n) is 3.28. The molecule has 6 nitrogen and oxygen atoms in total. The Morgan fingerprint density at radius 2 is 1.78 bits per heavy atom. The van der Waals surface area contributed by atoms with E-state index in [1.54, 1.807) is 0 Å². The predicted octanol–water partition coefficient (Wildman–Crippen LogP) is 3.68. The predicted molar refractivity (Wildman–Crippen MR) is 108 cm³/mol. The smallest absolute Gasteiger partial charge is 0.139 e. The van der Waals surface area contributed by atoms with Gasteiger partial charge in [0, 0.05) is 12.6 Å². The SMILES string of the molecule is Nc1ncnc(NC2CCCNC2)c1-c1ccc(Oc2ccccc2)cc1. The molecule has 0 saturated carbocycles. The lowest BCUT2D eigenvalue weighted by Gasteiger charge is -2.25. The maximum Gasteiger partial charge on any atom is 0.139 e. The second kappa shape index (κ2) is 8.05. The van der Waals surface area contributed by atoms with E-state index >= 15 is 0 Å². The quantitative estimate of drug-likeness (QED) is 0.643. The van der Waals surface area contributed by atoms with Crippen molar-refractivity contribution in [3.05, 3.63) is 60.9 Å². The molecule has 1 atom stereocenters. The van der Waals surface area contributed by atoms with Gasteiger partial charge in [-0.25, -0.2) is 9.97 Å². The Morgan fingerprint density at radius 1 is 1.00 bits per heavy atom. The standard InChI is InChI=1S/C21H23N5O/c22-20-19(21(25-14-24-20)26-16-5-4-12-23-13-16)15-8-10-18(11-9-15)27-17-6-2-1-3-7-17/h1-3,6-11,14,16,23H,4-5,12-13H2,(H3,22,24,25,26). The van der Waals surface area contributed by atoms with E-state index in [0.29, 0.717) is 11.9 Å². The van der Waals surface area contributed by atoms with Crippen LogP contribution in [0, 0.1) is 0 Å². The Bertz CT molecular complexity index is 877. The molecule has 0 spiro atoms. The van der Waals surface area contributed by atoms with Crippen LogP contribution in [-0.4, -0.2) is 29.1 Å². The van der Waals surface area contributed by atoms with Crippen LogP contribution in [0.1, 0.15) is 12.8 Å². The average Bonchev–Trinajstić information content (AvgIpc) is 2.71. The van der Waals surface area contributed by atoms with Gasteiger partial charge in [0.15, 0.2) is 0 Å². The van der Waals surface area contributed by atoms with Crippen LogP contribution < -0.4 is 21.1 Å². The molecule has 1 aliphatic rings. The molecule has 0 aliphatic carbocycles. The molecule has 6 heteroatoms. The molecule has 2 aromatic carbocycles. The van der Waals surface area contributed by atoms with Crippen LogP contribution in [-0.2, 0) is 0 Å². The number of benzene rings is 2. The summed E-state index contributed by atoms with van der Waals surface area (Å²) in [4.78, 5) is 8.62. The number of nitrogens with two attached hydrogens (primary N) is 1. The van der Waals surface area contributed by atoms with Crippen molar-refractivity contribution in [1.29, 1.82) is 0 Å². The van der Waals surface area contributed by atoms with Crippen molar-refractivity contribution >= 4 is 11.6 Å². The first-order valence-corrected chi connectivity index (χ1v) is 9.20. The molecule has 1 aliphatic heterocycles. The molecular weight excluding hydrogens is 338 g/mol. The van der Waals surface area contributed by atoms with Gasteiger partial charge in [-0.3, -0.25) is 0 Å². The summed E-state index contributed by atoms with van der Waals surface area (Å²) in [6, 6.07) is 17.9. The van der Waals surface area contributed by atoms with Crippen LogP contribution in [0.3, 0.4) is 0 Å². The van der Waals surface area contributed by atoms with E-state index in [0.717, 1.165) is 54.4 Å². The second-order valence-electron chi connectivity index (χ2n) is 6.61. The van der Waals surface area contributed by atoms with Crippen molar-refractivity contribution in [2.45, 2.75) is 18.9 Å². The Balaban J connectivity index is 1.57. The lowest BCUT2D eigenvalue weighted by molar-refractivity contribution is 0.479. The molecule has 4 N–H and O–H groups in total. The van der Waals surface area contributed by atoms with E-state index < -0.39 is 0 Å².